The lowest BCUT2D eigenvalue weighted by Gasteiger charge is -2.30. The predicted octanol–water partition coefficient (Wildman–Crippen LogP) is 9.90. The van der Waals surface area contributed by atoms with Crippen molar-refractivity contribution < 1.29 is 38.1 Å². The summed E-state index contributed by atoms with van der Waals surface area (Å²) in [4.78, 5) is 73.3. The zero-order valence-electron chi connectivity index (χ0n) is 42.7. The van der Waals surface area contributed by atoms with E-state index in [-0.39, 0.29) is 103 Å². The summed E-state index contributed by atoms with van der Waals surface area (Å²) in [5.74, 6) is 2.27. The van der Waals surface area contributed by atoms with Crippen LogP contribution in [0, 0.1) is 11.8 Å². The standard InChI is InChI=1S/C52H57N9O8S.5H2S/c1-27(2)44(57-51(64)67-6)48(62)59-18-8-10-38(59)46-53-25-35(55-46)29-13-16-37-31(20-29)22-40-34-15-12-30(23-41(34)69-50(61(37)40)43-24-32-21-33(66-5)14-17-42(32)70-43)36-26-54-47(56-36)39-11-9-19-60(39)49(63)45(28(3)4)58-52(65)68-7;;;;;/h12-17,20-28,38-39,44-45,50H,8-11,18-19H2,1-7H3,(H,53,55)(H,54,56)(H,57,64)(H,58,65);5*1H2/t38-,39-,44-,45-,50-;;;;;/m0...../s1. The zero-order chi connectivity index (χ0) is 49.0. The summed E-state index contributed by atoms with van der Waals surface area (Å²) >= 11 is 1.68. The summed E-state index contributed by atoms with van der Waals surface area (Å²) in [6.45, 7) is 8.73. The molecule has 4 N–H and O–H groups in total. The summed E-state index contributed by atoms with van der Waals surface area (Å²) < 4.78 is 25.7. The molecule has 7 aromatic rings. The van der Waals surface area contributed by atoms with E-state index in [2.05, 4.69) is 73.7 Å². The number of nitrogens with zero attached hydrogens (tertiary/aromatic N) is 5. The Labute approximate surface area is 474 Å². The molecule has 23 heteroatoms. The van der Waals surface area contributed by atoms with E-state index >= 15 is 0 Å². The number of hydrogen-bond donors (Lipinski definition) is 4. The van der Waals surface area contributed by atoms with Crippen molar-refractivity contribution >= 4 is 124 Å². The third-order valence-electron chi connectivity index (χ3n) is 13.9. The second-order valence-electron chi connectivity index (χ2n) is 18.9. The van der Waals surface area contributed by atoms with Crippen molar-refractivity contribution in [3.8, 4) is 45.3 Å². The molecule has 3 aliphatic rings. The molecule has 0 unspecified atom stereocenters. The van der Waals surface area contributed by atoms with Gasteiger partial charge in [0, 0.05) is 39.9 Å². The number of nitrogens with one attached hydrogen (secondary N) is 4. The summed E-state index contributed by atoms with van der Waals surface area (Å²) in [6.07, 6.45) is 4.96. The number of methoxy groups -OCH3 is 3. The van der Waals surface area contributed by atoms with Gasteiger partial charge in [0.2, 0.25) is 18.0 Å². The maximum absolute atomic E-state index is 13.9. The number of ether oxygens (including phenoxy) is 4. The Bertz CT molecular complexity index is 3160. The van der Waals surface area contributed by atoms with Crippen molar-refractivity contribution in [3.05, 3.63) is 95.6 Å². The molecule has 3 aliphatic heterocycles. The zero-order valence-corrected chi connectivity index (χ0v) is 48.5. The Kier molecular flexibility index (Phi) is 20.1. The minimum absolute atomic E-state index is 0. The fourth-order valence-corrected chi connectivity index (χ4v) is 11.3. The molecule has 2 fully saturated rings. The predicted molar refractivity (Wildman–Crippen MR) is 317 cm³/mol. The van der Waals surface area contributed by atoms with Gasteiger partial charge in [-0.1, -0.05) is 39.8 Å². The third kappa shape index (κ3) is 11.6. The lowest BCUT2D eigenvalue weighted by Crippen LogP contribution is -2.51. The number of fused-ring (bicyclic) bond motifs is 6. The Morgan fingerprint density at radius 1 is 0.680 bits per heavy atom. The fraction of sp³-hybridized carbons (Fsp3) is 0.385. The van der Waals surface area contributed by atoms with Gasteiger partial charge in [-0.05, 0) is 97.5 Å². The quantitative estimate of drug-likeness (QED) is 0.0914. The maximum atomic E-state index is 13.9. The van der Waals surface area contributed by atoms with E-state index in [1.165, 1.54) is 14.2 Å². The van der Waals surface area contributed by atoms with Crippen LogP contribution in [0.25, 0.3) is 54.8 Å². The van der Waals surface area contributed by atoms with Gasteiger partial charge in [-0.15, -0.1) is 11.3 Å². The number of carbonyl (C=O) groups is 4. The molecular weight excluding hydrogens is 1070 g/mol. The van der Waals surface area contributed by atoms with Crippen LogP contribution < -0.4 is 20.1 Å². The topological polar surface area (TPSA) is 198 Å². The number of amides is 4. The van der Waals surface area contributed by atoms with E-state index in [0.717, 1.165) is 91.1 Å². The van der Waals surface area contributed by atoms with E-state index in [0.29, 0.717) is 30.5 Å². The number of rotatable bonds is 12. The summed E-state index contributed by atoms with van der Waals surface area (Å²) in [5.41, 5.74) is 6.36. The first-order valence-electron chi connectivity index (χ1n) is 23.8. The minimum Gasteiger partial charge on any atom is -0.497 e. The molecule has 75 heavy (non-hydrogen) atoms. The van der Waals surface area contributed by atoms with E-state index in [1.54, 1.807) is 24.6 Å². The number of benzene rings is 3. The number of alkyl carbamates (subject to hydrolysis) is 2. The SMILES string of the molecule is COC(=O)N[C@H](C(=O)N1CCC[C@H]1c1ncc(-c2ccc3c(c2)O[C@@H](c2cc4cc(OC)ccc4s2)n2c-3cc3cc(-c4cnc([C@@H]5CCCN5C(=O)[C@@H](NC(=O)OC)C(C)C)[nH]4)ccc32)[nH]1)C(C)C.S.S.S.S.S. The summed E-state index contributed by atoms with van der Waals surface area (Å²) in [5, 5.41) is 7.52. The van der Waals surface area contributed by atoms with Crippen LogP contribution in [0.15, 0.2) is 79.1 Å². The molecular formula is C52H67N9O8S6. The second kappa shape index (κ2) is 25.0. The summed E-state index contributed by atoms with van der Waals surface area (Å²) in [6, 6.07) is 21.0. The monoisotopic (exact) mass is 1140 g/mol. The van der Waals surface area contributed by atoms with Crippen molar-refractivity contribution in [1.82, 2.24) is 44.9 Å². The highest BCUT2D eigenvalue weighted by Crippen LogP contribution is 2.48. The van der Waals surface area contributed by atoms with Gasteiger partial charge in [-0.25, -0.2) is 19.6 Å². The highest BCUT2D eigenvalue weighted by molar-refractivity contribution is 7.60. The lowest BCUT2D eigenvalue weighted by molar-refractivity contribution is -0.136. The maximum Gasteiger partial charge on any atom is 0.407 e. The van der Waals surface area contributed by atoms with Gasteiger partial charge in [-0.2, -0.15) is 67.5 Å². The summed E-state index contributed by atoms with van der Waals surface area (Å²) in [7, 11) is 4.25. The molecule has 4 amide bonds. The first kappa shape index (κ1) is 60.3. The highest BCUT2D eigenvalue weighted by atomic mass is 32.1. The van der Waals surface area contributed by atoms with Gasteiger partial charge >= 0.3 is 12.2 Å². The normalized spacial score (nSPS) is 17.2. The molecule has 17 nitrogen and oxygen atoms in total. The van der Waals surface area contributed by atoms with Gasteiger partial charge in [-0.3, -0.25) is 14.2 Å². The lowest BCUT2D eigenvalue weighted by atomic mass is 10.0. The van der Waals surface area contributed by atoms with Gasteiger partial charge in [0.15, 0.2) is 0 Å². The number of H-pyrrole nitrogens is 2. The van der Waals surface area contributed by atoms with Crippen LogP contribution in [0.1, 0.15) is 88.2 Å². The molecule has 4 aromatic heterocycles. The van der Waals surface area contributed by atoms with Crippen LogP contribution in [-0.4, -0.2) is 105 Å². The second-order valence-corrected chi connectivity index (χ2v) is 20.0. The van der Waals surface area contributed by atoms with Gasteiger partial charge in [0.1, 0.15) is 35.2 Å². The van der Waals surface area contributed by atoms with Crippen molar-refractivity contribution in [1.29, 1.82) is 0 Å². The number of aromatic amines is 2. The molecule has 10 rings (SSSR count). The molecule has 3 aromatic carbocycles. The molecule has 0 spiro atoms. The van der Waals surface area contributed by atoms with Crippen LogP contribution in [0.3, 0.4) is 0 Å². The highest BCUT2D eigenvalue weighted by Gasteiger charge is 2.39. The molecule has 0 aliphatic carbocycles. The van der Waals surface area contributed by atoms with Crippen LogP contribution in [0.2, 0.25) is 0 Å². The van der Waals surface area contributed by atoms with Crippen LogP contribution in [0.4, 0.5) is 9.59 Å². The van der Waals surface area contributed by atoms with Gasteiger partial charge < -0.3 is 49.3 Å². The molecule has 2 saturated heterocycles. The number of hydrogen-bond acceptors (Lipinski definition) is 11. The molecule has 7 heterocycles. The molecule has 404 valence electrons. The van der Waals surface area contributed by atoms with E-state index in [4.69, 9.17) is 28.9 Å². The van der Waals surface area contributed by atoms with E-state index in [1.807, 2.05) is 61.9 Å². The smallest absolute Gasteiger partial charge is 0.407 e. The Balaban J connectivity index is 0.00000208. The number of imidazole rings is 2. The molecule has 5 atom stereocenters. The van der Waals surface area contributed by atoms with Crippen molar-refractivity contribution in [2.24, 2.45) is 11.8 Å². The Morgan fingerprint density at radius 2 is 1.23 bits per heavy atom. The number of likely N-dealkylation sites (tertiary alicyclic amines) is 2. The molecule has 0 radical (unpaired) electrons. The minimum atomic E-state index is -0.730. The van der Waals surface area contributed by atoms with Crippen LogP contribution in [-0.2, 0) is 19.1 Å². The van der Waals surface area contributed by atoms with Crippen molar-refractivity contribution in [3.63, 3.8) is 0 Å². The average molecular weight is 1140 g/mol. The van der Waals surface area contributed by atoms with Crippen molar-refractivity contribution in [2.75, 3.05) is 34.4 Å². The first-order chi connectivity index (χ1) is 33.8. The van der Waals surface area contributed by atoms with E-state index in [9.17, 15) is 19.2 Å². The first-order valence-corrected chi connectivity index (χ1v) is 24.6. The molecule has 0 saturated carbocycles. The largest absolute Gasteiger partial charge is 0.497 e. The van der Waals surface area contributed by atoms with Gasteiger partial charge in [0.05, 0.1) is 73.3 Å². The Hall–Kier alpha value is -5.59. The average Bonchev–Trinajstić information content (AvgIpc) is 4.23. The fourth-order valence-electron chi connectivity index (χ4n) is 10.2. The third-order valence-corrected chi connectivity index (χ3v) is 15.0. The number of carbonyl (C=O) groups excluding carboxylic acids is 4. The van der Waals surface area contributed by atoms with Crippen LogP contribution >= 0.6 is 78.8 Å². The molecule has 0 bridgehead atoms. The van der Waals surface area contributed by atoms with Crippen molar-refractivity contribution in [2.45, 2.75) is 83.8 Å². The number of thiophene rings is 1. The van der Waals surface area contributed by atoms with Gasteiger partial charge in [0.25, 0.3) is 0 Å². The Morgan fingerprint density at radius 3 is 1.76 bits per heavy atom. The van der Waals surface area contributed by atoms with Crippen LogP contribution in [0.5, 0.6) is 11.5 Å². The number of aromatic nitrogens is 5. The van der Waals surface area contributed by atoms with E-state index < -0.39 is 30.5 Å².